The lowest BCUT2D eigenvalue weighted by Crippen LogP contribution is -2.37. The molecule has 3 rings (SSSR count). The standard InChI is InChI=1S/C26H41N3O3/c1-26(2,3)32-25(30)28(20-21-12-6-5-7-13-21)18-10-15-22-14-8-9-16-23(22)27-29-19-11-17-24(29)31-4/h5-7,12-13,22,24H,8-11,14-20H2,1-4H3/b27-23+/t22-,24?/m0/s1. The van der Waals surface area contributed by atoms with Gasteiger partial charge in [0, 0.05) is 32.5 Å². The van der Waals surface area contributed by atoms with Crippen molar-refractivity contribution in [2.45, 2.75) is 90.5 Å². The fraction of sp³-hybridized carbons (Fsp3) is 0.692. The number of nitrogens with zero attached hydrogens (tertiary/aromatic N) is 3. The number of rotatable bonds is 8. The van der Waals surface area contributed by atoms with Crippen molar-refractivity contribution in [2.24, 2.45) is 11.0 Å². The number of hydrogen-bond donors (Lipinski definition) is 0. The second-order valence-corrected chi connectivity index (χ2v) is 10.1. The highest BCUT2D eigenvalue weighted by Gasteiger charge is 2.27. The third-order valence-corrected chi connectivity index (χ3v) is 6.26. The smallest absolute Gasteiger partial charge is 0.410 e. The minimum Gasteiger partial charge on any atom is -0.444 e. The number of carbonyl (C=O) groups excluding carboxylic acids is 1. The molecule has 1 saturated carbocycles. The van der Waals surface area contributed by atoms with Crippen LogP contribution >= 0.6 is 0 Å². The van der Waals surface area contributed by atoms with E-state index in [2.05, 4.69) is 17.1 Å². The Balaban J connectivity index is 1.60. The van der Waals surface area contributed by atoms with E-state index in [0.29, 0.717) is 19.0 Å². The van der Waals surface area contributed by atoms with Crippen molar-refractivity contribution in [1.82, 2.24) is 9.91 Å². The minimum absolute atomic E-state index is 0.124. The highest BCUT2D eigenvalue weighted by molar-refractivity contribution is 5.87. The zero-order valence-corrected chi connectivity index (χ0v) is 20.4. The second kappa shape index (κ2) is 11.7. The molecule has 2 fully saturated rings. The molecular weight excluding hydrogens is 402 g/mol. The summed E-state index contributed by atoms with van der Waals surface area (Å²) in [6.45, 7) is 8.01. The number of benzene rings is 1. The Bertz CT molecular complexity index is 744. The molecular formula is C26H41N3O3. The van der Waals surface area contributed by atoms with Crippen molar-refractivity contribution >= 4 is 11.8 Å². The van der Waals surface area contributed by atoms with E-state index in [4.69, 9.17) is 14.6 Å². The largest absolute Gasteiger partial charge is 0.444 e. The fourth-order valence-corrected chi connectivity index (χ4v) is 4.64. The van der Waals surface area contributed by atoms with E-state index < -0.39 is 5.60 Å². The van der Waals surface area contributed by atoms with Gasteiger partial charge in [-0.2, -0.15) is 5.10 Å². The predicted molar refractivity (Wildman–Crippen MR) is 128 cm³/mol. The maximum Gasteiger partial charge on any atom is 0.410 e. The van der Waals surface area contributed by atoms with Gasteiger partial charge >= 0.3 is 6.09 Å². The van der Waals surface area contributed by atoms with Gasteiger partial charge in [-0.1, -0.05) is 36.8 Å². The third kappa shape index (κ3) is 7.51. The molecule has 1 aliphatic carbocycles. The van der Waals surface area contributed by atoms with Gasteiger partial charge in [-0.25, -0.2) is 4.79 Å². The van der Waals surface area contributed by atoms with Crippen LogP contribution in [0, 0.1) is 5.92 Å². The molecule has 1 unspecified atom stereocenters. The highest BCUT2D eigenvalue weighted by Crippen LogP contribution is 2.28. The summed E-state index contributed by atoms with van der Waals surface area (Å²) in [5, 5.41) is 7.19. The van der Waals surface area contributed by atoms with Gasteiger partial charge in [0.1, 0.15) is 11.8 Å². The van der Waals surface area contributed by atoms with E-state index in [9.17, 15) is 4.79 Å². The number of hydrogen-bond acceptors (Lipinski definition) is 5. The van der Waals surface area contributed by atoms with E-state index in [1.54, 1.807) is 7.11 Å². The first-order valence-electron chi connectivity index (χ1n) is 12.2. The Labute approximate surface area is 193 Å². The highest BCUT2D eigenvalue weighted by atomic mass is 16.6. The summed E-state index contributed by atoms with van der Waals surface area (Å²) in [7, 11) is 1.78. The van der Waals surface area contributed by atoms with Gasteiger partial charge in [-0.3, -0.25) is 5.01 Å². The van der Waals surface area contributed by atoms with Crippen molar-refractivity contribution < 1.29 is 14.3 Å². The zero-order valence-electron chi connectivity index (χ0n) is 20.4. The Morgan fingerprint density at radius 3 is 2.66 bits per heavy atom. The molecule has 0 N–H and O–H groups in total. The van der Waals surface area contributed by atoms with Crippen LogP contribution in [-0.4, -0.2) is 53.7 Å². The number of ether oxygens (including phenoxy) is 2. The van der Waals surface area contributed by atoms with Crippen LogP contribution in [0.1, 0.15) is 77.7 Å². The number of hydrazone groups is 1. The van der Waals surface area contributed by atoms with Gasteiger partial charge in [0.05, 0.1) is 0 Å². The molecule has 6 nitrogen and oxygen atoms in total. The van der Waals surface area contributed by atoms with Crippen molar-refractivity contribution in [1.29, 1.82) is 0 Å². The summed E-state index contributed by atoms with van der Waals surface area (Å²) in [5.41, 5.74) is 1.95. The summed E-state index contributed by atoms with van der Waals surface area (Å²) in [6, 6.07) is 10.1. The molecule has 0 spiro atoms. The van der Waals surface area contributed by atoms with E-state index in [-0.39, 0.29) is 12.3 Å². The topological polar surface area (TPSA) is 54.4 Å². The van der Waals surface area contributed by atoms with E-state index in [0.717, 1.165) is 44.2 Å². The average molecular weight is 444 g/mol. The first kappa shape index (κ1) is 24.6. The van der Waals surface area contributed by atoms with E-state index >= 15 is 0 Å². The summed E-state index contributed by atoms with van der Waals surface area (Å²) >= 11 is 0. The summed E-state index contributed by atoms with van der Waals surface area (Å²) in [4.78, 5) is 14.7. The van der Waals surface area contributed by atoms with Crippen LogP contribution in [0.5, 0.6) is 0 Å². The maximum atomic E-state index is 12.9. The third-order valence-electron chi connectivity index (χ3n) is 6.26. The molecule has 0 aromatic heterocycles. The molecule has 1 saturated heterocycles. The first-order valence-corrected chi connectivity index (χ1v) is 12.2. The maximum absolute atomic E-state index is 12.9. The first-order chi connectivity index (χ1) is 15.4. The molecule has 178 valence electrons. The number of methoxy groups -OCH3 is 1. The number of carbonyl (C=O) groups is 1. The lowest BCUT2D eigenvalue weighted by Gasteiger charge is -2.30. The molecule has 0 bridgehead atoms. The van der Waals surface area contributed by atoms with Gasteiger partial charge in [0.15, 0.2) is 0 Å². The van der Waals surface area contributed by atoms with Crippen LogP contribution in [0.25, 0.3) is 0 Å². The quantitative estimate of drug-likeness (QED) is 0.508. The zero-order chi connectivity index (χ0) is 23.0. The van der Waals surface area contributed by atoms with Crippen molar-refractivity contribution in [3.63, 3.8) is 0 Å². The Hall–Kier alpha value is -2.08. The van der Waals surface area contributed by atoms with Gasteiger partial charge in [-0.15, -0.1) is 0 Å². The molecule has 1 aromatic rings. The van der Waals surface area contributed by atoms with Crippen LogP contribution < -0.4 is 0 Å². The molecule has 1 amide bonds. The van der Waals surface area contributed by atoms with Gasteiger partial charge in [0.25, 0.3) is 0 Å². The van der Waals surface area contributed by atoms with Crippen LogP contribution in [0.2, 0.25) is 0 Å². The fourth-order valence-electron chi connectivity index (χ4n) is 4.64. The molecule has 2 aliphatic rings. The lowest BCUT2D eigenvalue weighted by atomic mass is 9.84. The van der Waals surface area contributed by atoms with Crippen LogP contribution in [0.3, 0.4) is 0 Å². The molecule has 2 atom stereocenters. The molecule has 6 heteroatoms. The second-order valence-electron chi connectivity index (χ2n) is 10.1. The van der Waals surface area contributed by atoms with Crippen LogP contribution in [-0.2, 0) is 16.0 Å². The van der Waals surface area contributed by atoms with Gasteiger partial charge < -0.3 is 14.4 Å². The van der Waals surface area contributed by atoms with Crippen molar-refractivity contribution in [3.05, 3.63) is 35.9 Å². The van der Waals surface area contributed by atoms with Crippen LogP contribution in [0.4, 0.5) is 4.79 Å². The monoisotopic (exact) mass is 443 g/mol. The summed E-state index contributed by atoms with van der Waals surface area (Å²) in [6.07, 6.45) is 8.84. The summed E-state index contributed by atoms with van der Waals surface area (Å²) < 4.78 is 11.3. The van der Waals surface area contributed by atoms with Crippen molar-refractivity contribution in [3.8, 4) is 0 Å². The molecule has 1 aliphatic heterocycles. The normalized spacial score (nSPS) is 22.9. The van der Waals surface area contributed by atoms with Gasteiger partial charge in [-0.05, 0) is 77.2 Å². The van der Waals surface area contributed by atoms with E-state index in [1.807, 2.05) is 43.9 Å². The molecule has 1 heterocycles. The van der Waals surface area contributed by atoms with E-state index in [1.165, 1.54) is 25.0 Å². The van der Waals surface area contributed by atoms with Gasteiger partial charge in [0.2, 0.25) is 0 Å². The van der Waals surface area contributed by atoms with Crippen molar-refractivity contribution in [2.75, 3.05) is 20.2 Å². The lowest BCUT2D eigenvalue weighted by molar-refractivity contribution is -0.00291. The molecule has 0 radical (unpaired) electrons. The Kier molecular flexibility index (Phi) is 8.97. The Morgan fingerprint density at radius 2 is 1.94 bits per heavy atom. The Morgan fingerprint density at radius 1 is 1.16 bits per heavy atom. The number of amides is 1. The van der Waals surface area contributed by atoms with Crippen LogP contribution in [0.15, 0.2) is 35.4 Å². The SMILES string of the molecule is COC1CCCN1/N=C1\CCCC[C@H]1CCCN(Cc1ccccc1)C(=O)OC(C)(C)C. The molecule has 1 aromatic carbocycles. The molecule has 32 heavy (non-hydrogen) atoms. The summed E-state index contributed by atoms with van der Waals surface area (Å²) in [5.74, 6) is 0.499. The average Bonchev–Trinajstić information content (AvgIpc) is 3.21. The predicted octanol–water partition coefficient (Wildman–Crippen LogP) is 5.82. The minimum atomic E-state index is -0.497.